The first-order valence-corrected chi connectivity index (χ1v) is 9.66. The van der Waals surface area contributed by atoms with Crippen molar-refractivity contribution in [3.05, 3.63) is 65.2 Å². The van der Waals surface area contributed by atoms with E-state index >= 15 is 0 Å². The van der Waals surface area contributed by atoms with E-state index in [1.165, 1.54) is 6.26 Å². The summed E-state index contributed by atoms with van der Waals surface area (Å²) >= 11 is 0. The van der Waals surface area contributed by atoms with E-state index in [1.807, 2.05) is 48.5 Å². The minimum absolute atomic E-state index is 0.0373. The predicted molar refractivity (Wildman–Crippen MR) is 94.3 cm³/mol. The maximum absolute atomic E-state index is 11.2. The van der Waals surface area contributed by atoms with Crippen LogP contribution in [0.5, 0.6) is 0 Å². The minimum Gasteiger partial charge on any atom is -0.392 e. The van der Waals surface area contributed by atoms with Crippen LogP contribution in [-0.2, 0) is 22.9 Å². The van der Waals surface area contributed by atoms with Crippen molar-refractivity contribution in [3.8, 4) is 0 Å². The third kappa shape index (κ3) is 5.69. The Bertz CT molecular complexity index is 739. The summed E-state index contributed by atoms with van der Waals surface area (Å²) in [5.41, 5.74) is 4.00. The third-order valence-corrected chi connectivity index (χ3v) is 4.68. The van der Waals surface area contributed by atoms with Crippen LogP contribution in [0.4, 0.5) is 5.69 Å². The molecule has 2 N–H and O–H groups in total. The van der Waals surface area contributed by atoms with Crippen molar-refractivity contribution in [2.45, 2.75) is 26.0 Å². The van der Waals surface area contributed by atoms with E-state index < -0.39 is 9.84 Å². The molecule has 0 aliphatic rings. The molecule has 23 heavy (non-hydrogen) atoms. The van der Waals surface area contributed by atoms with Crippen LogP contribution in [0.1, 0.15) is 29.7 Å². The molecule has 2 aromatic rings. The van der Waals surface area contributed by atoms with Crippen molar-refractivity contribution in [2.24, 2.45) is 0 Å². The second kappa shape index (κ2) is 7.62. The van der Waals surface area contributed by atoms with E-state index in [4.69, 9.17) is 0 Å². The second-order valence-electron chi connectivity index (χ2n) is 5.85. The highest BCUT2D eigenvalue weighted by atomic mass is 32.2. The van der Waals surface area contributed by atoms with Gasteiger partial charge in [-0.3, -0.25) is 0 Å². The van der Waals surface area contributed by atoms with E-state index in [1.54, 1.807) is 0 Å². The highest BCUT2D eigenvalue weighted by molar-refractivity contribution is 7.90. The molecule has 0 radical (unpaired) electrons. The molecule has 1 atom stereocenters. The largest absolute Gasteiger partial charge is 0.392 e. The minimum atomic E-state index is -2.93. The standard InChI is InChI=1S/C18H23NO3S/c1-14(17-5-3-4-16(12-17)13-20)19-18-8-6-15(7-9-18)10-11-23(2,21)22/h3-9,12,14,19-20H,10-11,13H2,1-2H3. The average Bonchev–Trinajstić information content (AvgIpc) is 2.53. The number of benzene rings is 2. The van der Waals surface area contributed by atoms with Crippen LogP contribution >= 0.6 is 0 Å². The molecule has 0 amide bonds. The first kappa shape index (κ1) is 17.5. The summed E-state index contributed by atoms with van der Waals surface area (Å²) in [5, 5.41) is 12.6. The molecule has 0 saturated heterocycles. The Morgan fingerprint density at radius 2 is 1.78 bits per heavy atom. The number of anilines is 1. The number of aliphatic hydroxyl groups excluding tert-OH is 1. The van der Waals surface area contributed by atoms with Gasteiger partial charge in [0.05, 0.1) is 12.4 Å². The summed E-state index contributed by atoms with van der Waals surface area (Å²) in [7, 11) is -2.93. The lowest BCUT2D eigenvalue weighted by molar-refractivity contribution is 0.281. The summed E-state index contributed by atoms with van der Waals surface area (Å²) in [6.45, 7) is 2.10. The van der Waals surface area contributed by atoms with E-state index in [-0.39, 0.29) is 18.4 Å². The monoisotopic (exact) mass is 333 g/mol. The molecule has 4 nitrogen and oxygen atoms in total. The predicted octanol–water partition coefficient (Wildman–Crippen LogP) is 2.94. The van der Waals surface area contributed by atoms with Gasteiger partial charge in [0.1, 0.15) is 9.84 Å². The zero-order chi connectivity index (χ0) is 16.9. The molecule has 0 saturated carbocycles. The summed E-state index contributed by atoms with van der Waals surface area (Å²) in [4.78, 5) is 0. The van der Waals surface area contributed by atoms with Gasteiger partial charge < -0.3 is 10.4 Å². The number of hydrogen-bond donors (Lipinski definition) is 2. The maximum atomic E-state index is 11.2. The molecule has 0 bridgehead atoms. The normalized spacial score (nSPS) is 12.8. The van der Waals surface area contributed by atoms with Crippen molar-refractivity contribution >= 4 is 15.5 Å². The topological polar surface area (TPSA) is 66.4 Å². The van der Waals surface area contributed by atoms with Gasteiger partial charge in [0.15, 0.2) is 0 Å². The van der Waals surface area contributed by atoms with E-state index in [0.29, 0.717) is 6.42 Å². The maximum Gasteiger partial charge on any atom is 0.147 e. The number of sulfone groups is 1. The molecule has 124 valence electrons. The number of aliphatic hydroxyl groups is 1. The molecular formula is C18H23NO3S. The summed E-state index contributed by atoms with van der Waals surface area (Å²) < 4.78 is 22.4. The molecule has 0 aliphatic carbocycles. The molecule has 0 aromatic heterocycles. The summed E-state index contributed by atoms with van der Waals surface area (Å²) in [5.74, 6) is 0.171. The van der Waals surface area contributed by atoms with Gasteiger partial charge in [-0.1, -0.05) is 36.4 Å². The molecule has 0 fully saturated rings. The SMILES string of the molecule is CC(Nc1ccc(CCS(C)(=O)=O)cc1)c1cccc(CO)c1. The lowest BCUT2D eigenvalue weighted by Gasteiger charge is -2.16. The van der Waals surface area contributed by atoms with Crippen LogP contribution in [-0.4, -0.2) is 25.5 Å². The lowest BCUT2D eigenvalue weighted by Crippen LogP contribution is -2.08. The first-order valence-electron chi connectivity index (χ1n) is 7.60. The fourth-order valence-corrected chi connectivity index (χ4v) is 2.97. The molecule has 0 heterocycles. The Balaban J connectivity index is 1.99. The van der Waals surface area contributed by atoms with Gasteiger partial charge in [-0.2, -0.15) is 0 Å². The molecule has 1 unspecified atom stereocenters. The lowest BCUT2D eigenvalue weighted by atomic mass is 10.0. The number of nitrogens with one attached hydrogen (secondary N) is 1. The summed E-state index contributed by atoms with van der Waals surface area (Å²) in [6, 6.07) is 15.8. The highest BCUT2D eigenvalue weighted by Gasteiger charge is 2.07. The van der Waals surface area contributed by atoms with Crippen LogP contribution in [0.3, 0.4) is 0 Å². The van der Waals surface area contributed by atoms with E-state index in [2.05, 4.69) is 12.2 Å². The molecule has 2 aromatic carbocycles. The van der Waals surface area contributed by atoms with Crippen molar-refractivity contribution in [1.82, 2.24) is 0 Å². The quantitative estimate of drug-likeness (QED) is 0.817. The Kier molecular flexibility index (Phi) is 5.80. The van der Waals surface area contributed by atoms with Crippen LogP contribution in [0.2, 0.25) is 0 Å². The first-order chi connectivity index (χ1) is 10.9. The zero-order valence-corrected chi connectivity index (χ0v) is 14.3. The smallest absolute Gasteiger partial charge is 0.147 e. The second-order valence-corrected chi connectivity index (χ2v) is 8.11. The van der Waals surface area contributed by atoms with Gasteiger partial charge in [0.25, 0.3) is 0 Å². The Morgan fingerprint density at radius 1 is 1.09 bits per heavy atom. The van der Waals surface area contributed by atoms with Crippen LogP contribution < -0.4 is 5.32 Å². The van der Waals surface area contributed by atoms with Crippen molar-refractivity contribution < 1.29 is 13.5 Å². The van der Waals surface area contributed by atoms with Gasteiger partial charge in [0, 0.05) is 18.0 Å². The highest BCUT2D eigenvalue weighted by Crippen LogP contribution is 2.20. The van der Waals surface area contributed by atoms with E-state index in [9.17, 15) is 13.5 Å². The van der Waals surface area contributed by atoms with Crippen molar-refractivity contribution in [2.75, 3.05) is 17.3 Å². The third-order valence-electron chi connectivity index (χ3n) is 3.73. The zero-order valence-electron chi connectivity index (χ0n) is 13.5. The fraction of sp³-hybridized carbons (Fsp3) is 0.333. The van der Waals surface area contributed by atoms with Crippen LogP contribution in [0.15, 0.2) is 48.5 Å². The molecular weight excluding hydrogens is 310 g/mol. The number of rotatable bonds is 7. The Labute approximate surface area is 138 Å². The fourth-order valence-electron chi connectivity index (χ4n) is 2.37. The molecule has 2 rings (SSSR count). The van der Waals surface area contributed by atoms with Gasteiger partial charge >= 0.3 is 0 Å². The Morgan fingerprint density at radius 3 is 2.39 bits per heavy atom. The van der Waals surface area contributed by atoms with Crippen molar-refractivity contribution in [1.29, 1.82) is 0 Å². The van der Waals surface area contributed by atoms with Crippen LogP contribution in [0.25, 0.3) is 0 Å². The molecule has 0 spiro atoms. The van der Waals surface area contributed by atoms with E-state index in [0.717, 1.165) is 22.4 Å². The number of aryl methyl sites for hydroxylation is 1. The van der Waals surface area contributed by atoms with Crippen molar-refractivity contribution in [3.63, 3.8) is 0 Å². The van der Waals surface area contributed by atoms with Gasteiger partial charge in [-0.25, -0.2) is 8.42 Å². The Hall–Kier alpha value is -1.85. The van der Waals surface area contributed by atoms with Crippen LogP contribution in [0, 0.1) is 0 Å². The molecule has 5 heteroatoms. The number of hydrogen-bond acceptors (Lipinski definition) is 4. The van der Waals surface area contributed by atoms with Gasteiger partial charge in [0.2, 0.25) is 0 Å². The summed E-state index contributed by atoms with van der Waals surface area (Å²) in [6.07, 6.45) is 1.79. The van der Waals surface area contributed by atoms with Gasteiger partial charge in [-0.05, 0) is 42.2 Å². The average molecular weight is 333 g/mol. The molecule has 0 aliphatic heterocycles. The van der Waals surface area contributed by atoms with Gasteiger partial charge in [-0.15, -0.1) is 0 Å².